The molecule has 1 heterocycles. The highest BCUT2D eigenvalue weighted by Crippen LogP contribution is 2.21. The summed E-state index contributed by atoms with van der Waals surface area (Å²) in [7, 11) is 0. The van der Waals surface area contributed by atoms with E-state index in [0.29, 0.717) is 0 Å². The van der Waals surface area contributed by atoms with Crippen LogP contribution in [0.2, 0.25) is 5.02 Å². The van der Waals surface area contributed by atoms with Gasteiger partial charge >= 0.3 is 6.03 Å². The van der Waals surface area contributed by atoms with Crippen molar-refractivity contribution >= 4 is 23.5 Å². The first kappa shape index (κ1) is 11.8. The van der Waals surface area contributed by atoms with Gasteiger partial charge in [-0.3, -0.25) is 9.69 Å². The van der Waals surface area contributed by atoms with Gasteiger partial charge in [-0.25, -0.2) is 13.6 Å². The molecule has 0 atom stereocenters. The van der Waals surface area contributed by atoms with Gasteiger partial charge in [-0.15, -0.1) is 0 Å². The third-order valence-electron chi connectivity index (χ3n) is 2.36. The van der Waals surface area contributed by atoms with Crippen LogP contribution in [0.5, 0.6) is 0 Å². The Balaban J connectivity index is 2.30. The Morgan fingerprint density at radius 1 is 1.29 bits per heavy atom. The third-order valence-corrected chi connectivity index (χ3v) is 2.58. The minimum Gasteiger partial charge on any atom is -0.329 e. The average molecular weight is 261 g/mol. The molecule has 1 aliphatic rings. The first-order valence-corrected chi connectivity index (χ1v) is 5.08. The number of benzene rings is 1. The van der Waals surface area contributed by atoms with E-state index in [9.17, 15) is 18.4 Å². The van der Waals surface area contributed by atoms with Gasteiger partial charge in [0, 0.05) is 10.6 Å². The molecule has 0 bridgehead atoms. The van der Waals surface area contributed by atoms with Crippen LogP contribution in [-0.2, 0) is 11.3 Å². The van der Waals surface area contributed by atoms with Crippen molar-refractivity contribution in [3.8, 4) is 0 Å². The molecular weight excluding hydrogens is 254 g/mol. The topological polar surface area (TPSA) is 49.4 Å². The van der Waals surface area contributed by atoms with E-state index in [1.54, 1.807) is 0 Å². The average Bonchev–Trinajstić information content (AvgIpc) is 2.53. The van der Waals surface area contributed by atoms with Gasteiger partial charge in [0.25, 0.3) is 0 Å². The van der Waals surface area contributed by atoms with Crippen LogP contribution < -0.4 is 5.32 Å². The Morgan fingerprint density at radius 2 is 1.88 bits per heavy atom. The molecular formula is C10H7ClF2N2O2. The molecule has 0 radical (unpaired) electrons. The van der Waals surface area contributed by atoms with Crippen molar-refractivity contribution in [3.05, 3.63) is 34.4 Å². The lowest BCUT2D eigenvalue weighted by Gasteiger charge is -2.13. The summed E-state index contributed by atoms with van der Waals surface area (Å²) < 4.78 is 26.8. The molecule has 3 amide bonds. The van der Waals surface area contributed by atoms with Crippen molar-refractivity contribution in [2.75, 3.05) is 6.54 Å². The van der Waals surface area contributed by atoms with Gasteiger partial charge in [0.1, 0.15) is 11.6 Å². The minimum atomic E-state index is -0.887. The summed E-state index contributed by atoms with van der Waals surface area (Å²) in [6.07, 6.45) is 0. The lowest BCUT2D eigenvalue weighted by Crippen LogP contribution is -2.31. The number of hydrogen-bond donors (Lipinski definition) is 1. The number of amides is 3. The van der Waals surface area contributed by atoms with E-state index < -0.39 is 30.1 Å². The van der Waals surface area contributed by atoms with E-state index in [1.165, 1.54) is 0 Å². The SMILES string of the molecule is O=C1CNC(=O)N1Cc1c(F)cc(Cl)cc1F. The maximum Gasteiger partial charge on any atom is 0.324 e. The smallest absolute Gasteiger partial charge is 0.324 e. The summed E-state index contributed by atoms with van der Waals surface area (Å²) in [6.45, 7) is -0.602. The number of nitrogens with zero attached hydrogens (tertiary/aromatic N) is 1. The molecule has 1 saturated heterocycles. The van der Waals surface area contributed by atoms with Gasteiger partial charge in [-0.2, -0.15) is 0 Å². The quantitative estimate of drug-likeness (QED) is 0.823. The molecule has 0 spiro atoms. The summed E-state index contributed by atoms with van der Waals surface area (Å²) in [4.78, 5) is 23.2. The lowest BCUT2D eigenvalue weighted by molar-refractivity contribution is -0.125. The second kappa shape index (κ2) is 4.29. The second-order valence-electron chi connectivity index (χ2n) is 3.49. The molecule has 0 aromatic heterocycles. The van der Waals surface area contributed by atoms with Crippen molar-refractivity contribution in [1.29, 1.82) is 0 Å². The normalized spacial score (nSPS) is 15.4. The predicted octanol–water partition coefficient (Wildman–Crippen LogP) is 1.67. The number of carbonyl (C=O) groups is 2. The first-order valence-electron chi connectivity index (χ1n) is 4.70. The standard InChI is InChI=1S/C10H7ClF2N2O2/c11-5-1-7(12)6(8(13)2-5)4-15-9(16)3-14-10(15)17/h1-2H,3-4H2,(H,14,17). The second-order valence-corrected chi connectivity index (χ2v) is 3.92. The Kier molecular flexibility index (Phi) is 2.97. The fraction of sp³-hybridized carbons (Fsp3) is 0.200. The molecule has 0 saturated carbocycles. The zero-order chi connectivity index (χ0) is 12.6. The van der Waals surface area contributed by atoms with Gasteiger partial charge in [0.05, 0.1) is 13.1 Å². The number of hydrogen-bond acceptors (Lipinski definition) is 2. The van der Waals surface area contributed by atoms with Gasteiger partial charge in [0.2, 0.25) is 5.91 Å². The molecule has 4 nitrogen and oxygen atoms in total. The third kappa shape index (κ3) is 2.21. The van der Waals surface area contributed by atoms with Crippen LogP contribution in [0, 0.1) is 11.6 Å². The van der Waals surface area contributed by atoms with Crippen molar-refractivity contribution in [1.82, 2.24) is 10.2 Å². The number of carbonyl (C=O) groups excluding carboxylic acids is 2. The summed E-state index contributed by atoms with van der Waals surface area (Å²) in [5.74, 6) is -2.30. The molecule has 90 valence electrons. The zero-order valence-electron chi connectivity index (χ0n) is 8.47. The van der Waals surface area contributed by atoms with Crippen LogP contribution in [0.25, 0.3) is 0 Å². The summed E-state index contributed by atoms with van der Waals surface area (Å²) in [5.41, 5.74) is -0.361. The lowest BCUT2D eigenvalue weighted by atomic mass is 10.2. The highest BCUT2D eigenvalue weighted by Gasteiger charge is 2.30. The van der Waals surface area contributed by atoms with Crippen molar-refractivity contribution in [2.45, 2.75) is 6.54 Å². The summed E-state index contributed by atoms with van der Waals surface area (Å²) >= 11 is 5.46. The van der Waals surface area contributed by atoms with E-state index >= 15 is 0 Å². The van der Waals surface area contributed by atoms with Crippen LogP contribution in [0.4, 0.5) is 13.6 Å². The van der Waals surface area contributed by atoms with Crippen molar-refractivity contribution in [2.24, 2.45) is 0 Å². The van der Waals surface area contributed by atoms with Gasteiger partial charge in [-0.1, -0.05) is 11.6 Å². The highest BCUT2D eigenvalue weighted by molar-refractivity contribution is 6.30. The molecule has 7 heteroatoms. The molecule has 1 N–H and O–H groups in total. The molecule has 1 aliphatic heterocycles. The Hall–Kier alpha value is -1.69. The molecule has 17 heavy (non-hydrogen) atoms. The molecule has 0 aliphatic carbocycles. The number of halogens is 3. The fourth-order valence-electron chi connectivity index (χ4n) is 1.50. The van der Waals surface area contributed by atoms with Crippen LogP contribution in [0.3, 0.4) is 0 Å². The van der Waals surface area contributed by atoms with Crippen molar-refractivity contribution in [3.63, 3.8) is 0 Å². The predicted molar refractivity (Wildman–Crippen MR) is 55.3 cm³/mol. The number of nitrogens with one attached hydrogen (secondary N) is 1. The molecule has 1 aromatic rings. The van der Waals surface area contributed by atoms with Crippen LogP contribution in [-0.4, -0.2) is 23.4 Å². The van der Waals surface area contributed by atoms with Crippen LogP contribution in [0.15, 0.2) is 12.1 Å². The van der Waals surface area contributed by atoms with E-state index in [0.717, 1.165) is 17.0 Å². The van der Waals surface area contributed by atoms with Crippen molar-refractivity contribution < 1.29 is 18.4 Å². The van der Waals surface area contributed by atoms with E-state index in [1.807, 2.05) is 0 Å². The minimum absolute atomic E-state index is 0.0825. The first-order chi connectivity index (χ1) is 7.99. The number of imide groups is 1. The van der Waals surface area contributed by atoms with Crippen LogP contribution >= 0.6 is 11.6 Å². The van der Waals surface area contributed by atoms with Gasteiger partial charge in [0.15, 0.2) is 0 Å². The fourth-order valence-corrected chi connectivity index (χ4v) is 1.69. The number of rotatable bonds is 2. The van der Waals surface area contributed by atoms with E-state index in [4.69, 9.17) is 11.6 Å². The van der Waals surface area contributed by atoms with E-state index in [2.05, 4.69) is 5.32 Å². The highest BCUT2D eigenvalue weighted by atomic mass is 35.5. The maximum absolute atomic E-state index is 13.4. The molecule has 1 aromatic carbocycles. The molecule has 1 fully saturated rings. The van der Waals surface area contributed by atoms with Gasteiger partial charge in [-0.05, 0) is 12.1 Å². The Labute approximate surface area is 100 Å². The largest absolute Gasteiger partial charge is 0.329 e. The Morgan fingerprint density at radius 3 is 2.35 bits per heavy atom. The summed E-state index contributed by atoms with van der Waals surface area (Å²) in [5, 5.41) is 2.17. The van der Waals surface area contributed by atoms with Gasteiger partial charge < -0.3 is 5.32 Å². The van der Waals surface area contributed by atoms with Crippen LogP contribution in [0.1, 0.15) is 5.56 Å². The molecule has 0 unspecified atom stereocenters. The Bertz CT molecular complexity index is 468. The monoisotopic (exact) mass is 260 g/mol. The maximum atomic E-state index is 13.4. The zero-order valence-corrected chi connectivity index (χ0v) is 9.22. The molecule has 2 rings (SSSR count). The van der Waals surface area contributed by atoms with E-state index in [-0.39, 0.29) is 17.1 Å². The summed E-state index contributed by atoms with van der Waals surface area (Å²) in [6, 6.07) is 1.19. The number of urea groups is 1.